The first-order valence-electron chi connectivity index (χ1n) is 6.65. The number of allylic oxidation sites excluding steroid dienone is 4. The molecule has 3 rings (SSSR count). The quantitative estimate of drug-likeness (QED) is 0.825. The molecule has 19 heavy (non-hydrogen) atoms. The third-order valence-corrected chi connectivity index (χ3v) is 3.19. The van der Waals surface area contributed by atoms with Gasteiger partial charge < -0.3 is 0 Å². The largest absolute Gasteiger partial charge is 0.261 e. The molecule has 2 aromatic heterocycles. The van der Waals surface area contributed by atoms with Crippen LogP contribution in [0.5, 0.6) is 0 Å². The van der Waals surface area contributed by atoms with Crippen molar-refractivity contribution in [2.24, 2.45) is 0 Å². The van der Waals surface area contributed by atoms with Gasteiger partial charge in [-0.15, -0.1) is 0 Å². The molecule has 0 saturated heterocycles. The molecule has 0 N–H and O–H groups in total. The number of pyridine rings is 2. The minimum absolute atomic E-state index is 0.783. The molecule has 94 valence electrons. The van der Waals surface area contributed by atoms with Gasteiger partial charge in [0.25, 0.3) is 0 Å². The van der Waals surface area contributed by atoms with Crippen LogP contribution in [0, 0.1) is 0 Å². The second kappa shape index (κ2) is 5.61. The second-order valence-electron chi connectivity index (χ2n) is 4.65. The SMILES string of the molecule is C1=CC(c2cccc(Cc3ccccn3)n2)=CCC1. The second-order valence-corrected chi connectivity index (χ2v) is 4.65. The molecular formula is C17H16N2. The van der Waals surface area contributed by atoms with Crippen LogP contribution in [0.4, 0.5) is 0 Å². The van der Waals surface area contributed by atoms with Gasteiger partial charge in [-0.05, 0) is 42.7 Å². The van der Waals surface area contributed by atoms with Crippen LogP contribution in [0.1, 0.15) is 29.9 Å². The molecule has 0 unspecified atom stereocenters. The van der Waals surface area contributed by atoms with Crippen LogP contribution in [-0.2, 0) is 6.42 Å². The smallest absolute Gasteiger partial charge is 0.0702 e. The summed E-state index contributed by atoms with van der Waals surface area (Å²) < 4.78 is 0. The summed E-state index contributed by atoms with van der Waals surface area (Å²) >= 11 is 0. The van der Waals surface area contributed by atoms with E-state index in [-0.39, 0.29) is 0 Å². The van der Waals surface area contributed by atoms with E-state index in [9.17, 15) is 0 Å². The van der Waals surface area contributed by atoms with E-state index in [1.807, 2.05) is 24.4 Å². The molecule has 0 radical (unpaired) electrons. The first-order valence-corrected chi connectivity index (χ1v) is 6.65. The van der Waals surface area contributed by atoms with E-state index >= 15 is 0 Å². The molecule has 0 fully saturated rings. The lowest BCUT2D eigenvalue weighted by Gasteiger charge is -2.08. The van der Waals surface area contributed by atoms with Crippen molar-refractivity contribution in [1.29, 1.82) is 0 Å². The molecular weight excluding hydrogens is 232 g/mol. The van der Waals surface area contributed by atoms with Gasteiger partial charge in [0.1, 0.15) is 0 Å². The number of rotatable bonds is 3. The average Bonchev–Trinajstić information content (AvgIpc) is 2.49. The fraction of sp³-hybridized carbons (Fsp3) is 0.176. The first kappa shape index (κ1) is 11.8. The minimum Gasteiger partial charge on any atom is -0.261 e. The van der Waals surface area contributed by atoms with Gasteiger partial charge in [0, 0.05) is 24.0 Å². The zero-order chi connectivity index (χ0) is 12.9. The lowest BCUT2D eigenvalue weighted by molar-refractivity contribution is 0.998. The van der Waals surface area contributed by atoms with Crippen molar-refractivity contribution in [1.82, 2.24) is 9.97 Å². The summed E-state index contributed by atoms with van der Waals surface area (Å²) in [6, 6.07) is 12.2. The van der Waals surface area contributed by atoms with E-state index in [4.69, 9.17) is 4.98 Å². The van der Waals surface area contributed by atoms with Crippen molar-refractivity contribution >= 4 is 5.57 Å². The van der Waals surface area contributed by atoms with Crippen molar-refractivity contribution in [3.63, 3.8) is 0 Å². The number of hydrogen-bond acceptors (Lipinski definition) is 2. The van der Waals surface area contributed by atoms with E-state index in [0.717, 1.165) is 36.3 Å². The van der Waals surface area contributed by atoms with Gasteiger partial charge in [-0.3, -0.25) is 9.97 Å². The van der Waals surface area contributed by atoms with E-state index in [1.165, 1.54) is 5.57 Å². The van der Waals surface area contributed by atoms with Crippen LogP contribution in [-0.4, -0.2) is 9.97 Å². The monoisotopic (exact) mass is 248 g/mol. The Kier molecular flexibility index (Phi) is 3.50. The molecule has 0 aromatic carbocycles. The maximum Gasteiger partial charge on any atom is 0.0702 e. The third-order valence-electron chi connectivity index (χ3n) is 3.19. The number of hydrogen-bond donors (Lipinski definition) is 0. The Bertz CT molecular complexity index is 612. The number of aromatic nitrogens is 2. The van der Waals surface area contributed by atoms with E-state index in [2.05, 4.69) is 41.4 Å². The summed E-state index contributed by atoms with van der Waals surface area (Å²) in [4.78, 5) is 9.08. The summed E-state index contributed by atoms with van der Waals surface area (Å²) in [5.74, 6) is 0. The molecule has 0 spiro atoms. The predicted molar refractivity (Wildman–Crippen MR) is 77.6 cm³/mol. The molecule has 0 atom stereocenters. The van der Waals surface area contributed by atoms with Gasteiger partial charge >= 0.3 is 0 Å². The normalized spacial score (nSPS) is 14.2. The topological polar surface area (TPSA) is 25.8 Å². The molecule has 2 aromatic rings. The summed E-state index contributed by atoms with van der Waals surface area (Å²) in [6.45, 7) is 0. The van der Waals surface area contributed by atoms with Crippen LogP contribution >= 0.6 is 0 Å². The molecule has 2 heterocycles. The average molecular weight is 248 g/mol. The fourth-order valence-corrected chi connectivity index (χ4v) is 2.23. The summed E-state index contributed by atoms with van der Waals surface area (Å²) in [7, 11) is 0. The van der Waals surface area contributed by atoms with Gasteiger partial charge in [0.2, 0.25) is 0 Å². The van der Waals surface area contributed by atoms with Crippen molar-refractivity contribution in [3.05, 3.63) is 77.9 Å². The maximum absolute atomic E-state index is 4.73. The van der Waals surface area contributed by atoms with Crippen molar-refractivity contribution in [2.45, 2.75) is 19.3 Å². The standard InChI is InChI=1S/C17H16N2/c1-2-7-14(8-3-1)17-11-6-10-16(19-17)13-15-9-4-5-12-18-15/h2,4-12H,1,3,13H2. The van der Waals surface area contributed by atoms with Crippen LogP contribution in [0.2, 0.25) is 0 Å². The summed E-state index contributed by atoms with van der Waals surface area (Å²) in [6.07, 6.45) is 11.5. The Hall–Kier alpha value is -2.22. The Morgan fingerprint density at radius 1 is 0.947 bits per heavy atom. The van der Waals surface area contributed by atoms with Crippen molar-refractivity contribution in [3.8, 4) is 0 Å². The van der Waals surface area contributed by atoms with Gasteiger partial charge in [-0.1, -0.05) is 30.4 Å². The van der Waals surface area contributed by atoms with Crippen LogP contribution in [0.3, 0.4) is 0 Å². The lowest BCUT2D eigenvalue weighted by Crippen LogP contribution is -1.98. The Labute approximate surface area is 113 Å². The predicted octanol–water partition coefficient (Wildman–Crippen LogP) is 3.80. The highest BCUT2D eigenvalue weighted by atomic mass is 14.7. The third kappa shape index (κ3) is 2.97. The highest BCUT2D eigenvalue weighted by molar-refractivity contribution is 5.72. The van der Waals surface area contributed by atoms with Crippen LogP contribution in [0.25, 0.3) is 5.57 Å². The van der Waals surface area contributed by atoms with Gasteiger partial charge in [0.05, 0.1) is 5.69 Å². The summed E-state index contributed by atoms with van der Waals surface area (Å²) in [5, 5.41) is 0. The minimum atomic E-state index is 0.783. The number of nitrogens with zero attached hydrogens (tertiary/aromatic N) is 2. The molecule has 1 aliphatic carbocycles. The lowest BCUT2D eigenvalue weighted by atomic mass is 10.0. The summed E-state index contributed by atoms with van der Waals surface area (Å²) in [5.41, 5.74) is 4.41. The Morgan fingerprint density at radius 3 is 2.68 bits per heavy atom. The fourth-order valence-electron chi connectivity index (χ4n) is 2.23. The molecule has 0 bridgehead atoms. The van der Waals surface area contributed by atoms with E-state index < -0.39 is 0 Å². The first-order chi connectivity index (χ1) is 9.42. The molecule has 0 amide bonds. The van der Waals surface area contributed by atoms with E-state index in [1.54, 1.807) is 0 Å². The van der Waals surface area contributed by atoms with Crippen LogP contribution < -0.4 is 0 Å². The zero-order valence-corrected chi connectivity index (χ0v) is 10.8. The molecule has 2 nitrogen and oxygen atoms in total. The molecule has 2 heteroatoms. The van der Waals surface area contributed by atoms with Gasteiger partial charge in [-0.25, -0.2) is 0 Å². The maximum atomic E-state index is 4.73. The van der Waals surface area contributed by atoms with E-state index in [0.29, 0.717) is 0 Å². The Morgan fingerprint density at radius 2 is 1.89 bits per heavy atom. The van der Waals surface area contributed by atoms with Crippen LogP contribution in [0.15, 0.2) is 60.8 Å². The molecule has 1 aliphatic rings. The molecule has 0 saturated carbocycles. The zero-order valence-electron chi connectivity index (χ0n) is 10.8. The van der Waals surface area contributed by atoms with Gasteiger partial charge in [-0.2, -0.15) is 0 Å². The Balaban J connectivity index is 1.84. The highest BCUT2D eigenvalue weighted by Gasteiger charge is 2.04. The van der Waals surface area contributed by atoms with Crippen molar-refractivity contribution in [2.75, 3.05) is 0 Å². The highest BCUT2D eigenvalue weighted by Crippen LogP contribution is 2.20. The van der Waals surface area contributed by atoms with Crippen molar-refractivity contribution < 1.29 is 0 Å². The van der Waals surface area contributed by atoms with Gasteiger partial charge in [0.15, 0.2) is 0 Å². The molecule has 0 aliphatic heterocycles.